The predicted molar refractivity (Wildman–Crippen MR) is 113 cm³/mol. The maximum absolute atomic E-state index is 12.4. The second-order valence-corrected chi connectivity index (χ2v) is 7.57. The lowest BCUT2D eigenvalue weighted by molar-refractivity contribution is -0.117. The van der Waals surface area contributed by atoms with Crippen molar-refractivity contribution in [1.82, 2.24) is 25.3 Å². The van der Waals surface area contributed by atoms with E-state index in [9.17, 15) is 9.59 Å². The van der Waals surface area contributed by atoms with E-state index in [2.05, 4.69) is 31.2 Å². The molecule has 3 heterocycles. The molecule has 3 aromatic rings. The fraction of sp³-hybridized carbons (Fsp3) is 0.286. The number of carbonyl (C=O) groups is 2. The van der Waals surface area contributed by atoms with Crippen LogP contribution in [0.5, 0.6) is 5.75 Å². The topological polar surface area (TPSA) is 123 Å². The van der Waals surface area contributed by atoms with Crippen LogP contribution in [0, 0.1) is 5.92 Å². The summed E-state index contributed by atoms with van der Waals surface area (Å²) in [6.07, 6.45) is 3.55. The number of para-hydroxylation sites is 1. The van der Waals surface area contributed by atoms with Crippen LogP contribution in [0.2, 0.25) is 0 Å². The fourth-order valence-electron chi connectivity index (χ4n) is 3.62. The van der Waals surface area contributed by atoms with E-state index in [1.165, 1.54) is 7.05 Å². The van der Waals surface area contributed by atoms with Gasteiger partial charge in [0.1, 0.15) is 6.61 Å². The Labute approximate surface area is 178 Å². The molecule has 158 valence electrons. The van der Waals surface area contributed by atoms with Crippen molar-refractivity contribution in [3.05, 3.63) is 41.7 Å². The molecule has 2 aromatic heterocycles. The Balaban J connectivity index is 1.53. The molecule has 1 saturated carbocycles. The Bertz CT molecular complexity index is 1200. The second kappa shape index (κ2) is 7.38. The quantitative estimate of drug-likeness (QED) is 0.579. The summed E-state index contributed by atoms with van der Waals surface area (Å²) in [5.41, 5.74) is 4.09. The van der Waals surface area contributed by atoms with Crippen molar-refractivity contribution in [2.45, 2.75) is 19.4 Å². The first-order valence-electron chi connectivity index (χ1n) is 10.00. The minimum atomic E-state index is -0.394. The molecule has 0 spiro atoms. The van der Waals surface area contributed by atoms with E-state index in [0.717, 1.165) is 29.7 Å². The van der Waals surface area contributed by atoms with E-state index < -0.39 is 5.91 Å². The third-order valence-electron chi connectivity index (χ3n) is 5.36. The summed E-state index contributed by atoms with van der Waals surface area (Å²) in [6, 6.07) is 7.33. The highest BCUT2D eigenvalue weighted by Crippen LogP contribution is 2.43. The summed E-state index contributed by atoms with van der Waals surface area (Å²) in [6.45, 7) is 0.397. The van der Waals surface area contributed by atoms with Crippen LogP contribution >= 0.6 is 0 Å². The molecule has 0 atom stereocenters. The lowest BCUT2D eigenvalue weighted by Gasteiger charge is -2.22. The largest absolute Gasteiger partial charge is 0.486 e. The molecule has 0 unspecified atom stereocenters. The predicted octanol–water partition coefficient (Wildman–Crippen LogP) is 2.22. The van der Waals surface area contributed by atoms with Gasteiger partial charge in [-0.15, -0.1) is 10.2 Å². The molecule has 10 heteroatoms. The normalized spacial score (nSPS) is 14.1. The van der Waals surface area contributed by atoms with E-state index in [-0.39, 0.29) is 23.3 Å². The van der Waals surface area contributed by atoms with E-state index in [4.69, 9.17) is 4.74 Å². The van der Waals surface area contributed by atoms with Crippen LogP contribution in [0.15, 0.2) is 30.5 Å². The highest BCUT2D eigenvalue weighted by atomic mass is 16.5. The molecule has 0 radical (unpaired) electrons. The Morgan fingerprint density at radius 3 is 2.81 bits per heavy atom. The first kappa shape index (κ1) is 19.0. The average molecular weight is 419 g/mol. The average Bonchev–Trinajstić information content (AvgIpc) is 3.56. The third kappa shape index (κ3) is 3.45. The van der Waals surface area contributed by atoms with Gasteiger partial charge < -0.3 is 20.7 Å². The number of hydrogen-bond acceptors (Lipinski definition) is 7. The van der Waals surface area contributed by atoms with Gasteiger partial charge in [0.25, 0.3) is 5.91 Å². The number of benzene rings is 1. The van der Waals surface area contributed by atoms with Crippen LogP contribution in [0.3, 0.4) is 0 Å². The first-order valence-corrected chi connectivity index (χ1v) is 10.00. The molecule has 5 rings (SSSR count). The summed E-state index contributed by atoms with van der Waals surface area (Å²) < 4.78 is 7.82. The second-order valence-electron chi connectivity index (χ2n) is 7.57. The first-order chi connectivity index (χ1) is 15.0. The third-order valence-corrected chi connectivity index (χ3v) is 5.36. The molecule has 3 N–H and O–H groups in total. The number of aryl methyl sites for hydroxylation is 1. The fourth-order valence-corrected chi connectivity index (χ4v) is 3.62. The van der Waals surface area contributed by atoms with Crippen molar-refractivity contribution < 1.29 is 14.3 Å². The molecule has 0 saturated heterocycles. The Morgan fingerprint density at radius 1 is 1.19 bits per heavy atom. The monoisotopic (exact) mass is 419 g/mol. The number of aromatic nitrogens is 4. The number of rotatable bonds is 5. The van der Waals surface area contributed by atoms with Crippen molar-refractivity contribution in [3.63, 3.8) is 0 Å². The van der Waals surface area contributed by atoms with Gasteiger partial charge in [-0.2, -0.15) is 5.10 Å². The molecule has 1 fully saturated rings. The number of carbonyl (C=O) groups excluding carboxylic acids is 2. The van der Waals surface area contributed by atoms with Gasteiger partial charge in [-0.1, -0.05) is 6.07 Å². The minimum absolute atomic E-state index is 0.0273. The summed E-state index contributed by atoms with van der Waals surface area (Å²) in [7, 11) is 3.41. The van der Waals surface area contributed by atoms with Crippen LogP contribution in [0.1, 0.15) is 28.9 Å². The summed E-state index contributed by atoms with van der Waals surface area (Å²) in [5, 5.41) is 20.9. The zero-order valence-electron chi connectivity index (χ0n) is 17.1. The van der Waals surface area contributed by atoms with Crippen molar-refractivity contribution in [3.8, 4) is 17.0 Å². The van der Waals surface area contributed by atoms with Crippen LogP contribution in [0.25, 0.3) is 11.3 Å². The highest BCUT2D eigenvalue weighted by Gasteiger charge is 2.30. The summed E-state index contributed by atoms with van der Waals surface area (Å²) in [4.78, 5) is 24.5. The van der Waals surface area contributed by atoms with Gasteiger partial charge in [-0.3, -0.25) is 14.3 Å². The van der Waals surface area contributed by atoms with E-state index >= 15 is 0 Å². The maximum atomic E-state index is 12.4. The molecule has 2 aliphatic rings. The summed E-state index contributed by atoms with van der Waals surface area (Å²) >= 11 is 0. The van der Waals surface area contributed by atoms with E-state index in [1.54, 1.807) is 12.3 Å². The van der Waals surface area contributed by atoms with Gasteiger partial charge in [0.05, 0.1) is 23.3 Å². The number of hydrogen-bond donors (Lipinski definition) is 3. The standard InChI is InChI=1S/C21H21N7O3/c1-22-21(30)17-15(8-16(26-27-17)25-20(29)11-6-7-11)24-14-5-3-4-13-18-12(9-23-28(18)2)10-31-19(13)14/h3-5,8-9,11H,6-7,10H2,1-2H3,(H,22,30)(H2,24,25,26,29). The smallest absolute Gasteiger partial charge is 0.273 e. The SMILES string of the molecule is CNC(=O)c1nnc(NC(=O)C2CC2)cc1Nc1cccc2c1OCc1cnn(C)c1-2. The van der Waals surface area contributed by atoms with Gasteiger partial charge in [-0.05, 0) is 25.0 Å². The van der Waals surface area contributed by atoms with Crippen molar-refractivity contribution in [1.29, 1.82) is 0 Å². The summed E-state index contributed by atoms with van der Waals surface area (Å²) in [5.74, 6) is 0.486. The zero-order valence-corrected chi connectivity index (χ0v) is 17.1. The highest BCUT2D eigenvalue weighted by molar-refractivity contribution is 6.00. The maximum Gasteiger partial charge on any atom is 0.273 e. The molecule has 0 bridgehead atoms. The van der Waals surface area contributed by atoms with Gasteiger partial charge in [-0.25, -0.2) is 0 Å². The van der Waals surface area contributed by atoms with Gasteiger partial charge in [0.15, 0.2) is 17.3 Å². The molecular weight excluding hydrogens is 398 g/mol. The van der Waals surface area contributed by atoms with Gasteiger partial charge >= 0.3 is 0 Å². The molecule has 1 aliphatic heterocycles. The lowest BCUT2D eigenvalue weighted by atomic mass is 10.0. The molecule has 1 aliphatic carbocycles. The van der Waals surface area contributed by atoms with Gasteiger partial charge in [0.2, 0.25) is 5.91 Å². The molecule has 2 amide bonds. The Morgan fingerprint density at radius 2 is 2.03 bits per heavy atom. The van der Waals surface area contributed by atoms with Gasteiger partial charge in [0, 0.05) is 37.2 Å². The van der Waals surface area contributed by atoms with Crippen LogP contribution in [-0.2, 0) is 18.4 Å². The number of fused-ring (bicyclic) bond motifs is 3. The molecular formula is C21H21N7O3. The van der Waals surface area contributed by atoms with Crippen LogP contribution in [0.4, 0.5) is 17.2 Å². The van der Waals surface area contributed by atoms with E-state index in [0.29, 0.717) is 23.7 Å². The Hall–Kier alpha value is -3.95. The van der Waals surface area contributed by atoms with Crippen molar-refractivity contribution in [2.24, 2.45) is 13.0 Å². The number of amides is 2. The van der Waals surface area contributed by atoms with Crippen LogP contribution in [-0.4, -0.2) is 38.8 Å². The molecule has 1 aromatic carbocycles. The Kier molecular flexibility index (Phi) is 4.54. The number of nitrogens with zero attached hydrogens (tertiary/aromatic N) is 4. The minimum Gasteiger partial charge on any atom is -0.486 e. The number of nitrogens with one attached hydrogen (secondary N) is 3. The molecule has 31 heavy (non-hydrogen) atoms. The lowest BCUT2D eigenvalue weighted by Crippen LogP contribution is -2.22. The zero-order chi connectivity index (χ0) is 21.5. The van der Waals surface area contributed by atoms with Crippen molar-refractivity contribution in [2.75, 3.05) is 17.7 Å². The molecule has 10 nitrogen and oxygen atoms in total. The van der Waals surface area contributed by atoms with Crippen LogP contribution < -0.4 is 20.7 Å². The number of anilines is 3. The number of ether oxygens (including phenoxy) is 1. The van der Waals surface area contributed by atoms with Crippen molar-refractivity contribution >= 4 is 29.0 Å². The van der Waals surface area contributed by atoms with E-state index in [1.807, 2.05) is 29.9 Å².